The molecule has 27 heavy (non-hydrogen) atoms. The lowest BCUT2D eigenvalue weighted by Crippen LogP contribution is -2.48. The maximum atomic E-state index is 12.3. The number of nitrogens with one attached hydrogen (secondary N) is 1. The number of nitrogens with zero attached hydrogens (tertiary/aromatic N) is 2. The quantitative estimate of drug-likeness (QED) is 0.850. The molecule has 3 rings (SSSR count). The van der Waals surface area contributed by atoms with Crippen molar-refractivity contribution in [3.8, 4) is 0 Å². The van der Waals surface area contributed by atoms with Crippen LogP contribution in [0.4, 0.5) is 0 Å². The van der Waals surface area contributed by atoms with Crippen molar-refractivity contribution in [2.45, 2.75) is 32.9 Å². The zero-order valence-corrected chi connectivity index (χ0v) is 16.0. The van der Waals surface area contributed by atoms with Gasteiger partial charge in [-0.2, -0.15) is 0 Å². The smallest absolute Gasteiger partial charge is 0.289 e. The molecule has 1 aliphatic heterocycles. The summed E-state index contributed by atoms with van der Waals surface area (Å²) in [6, 6.07) is 11.4. The summed E-state index contributed by atoms with van der Waals surface area (Å²) in [5, 5.41) is 3.00. The maximum absolute atomic E-state index is 12.3. The molecular formula is C21H27N3O3. The van der Waals surface area contributed by atoms with Gasteiger partial charge in [0, 0.05) is 44.3 Å². The average molecular weight is 369 g/mol. The van der Waals surface area contributed by atoms with Gasteiger partial charge in [0.05, 0.1) is 6.26 Å². The predicted molar refractivity (Wildman–Crippen MR) is 104 cm³/mol. The van der Waals surface area contributed by atoms with Crippen LogP contribution in [-0.2, 0) is 6.54 Å². The second-order valence-corrected chi connectivity index (χ2v) is 7.03. The summed E-state index contributed by atoms with van der Waals surface area (Å²) in [6.45, 7) is 7.78. The van der Waals surface area contributed by atoms with Crippen molar-refractivity contribution in [2.75, 3.05) is 26.2 Å². The first-order valence-electron chi connectivity index (χ1n) is 9.51. The van der Waals surface area contributed by atoms with Gasteiger partial charge in [-0.05, 0) is 43.2 Å². The molecule has 1 aliphatic rings. The molecular weight excluding hydrogens is 342 g/mol. The Labute approximate surface area is 160 Å². The first-order chi connectivity index (χ1) is 13.1. The van der Waals surface area contributed by atoms with E-state index in [2.05, 4.69) is 17.1 Å². The van der Waals surface area contributed by atoms with Gasteiger partial charge in [-0.1, -0.05) is 19.1 Å². The van der Waals surface area contributed by atoms with Crippen molar-refractivity contribution in [1.29, 1.82) is 0 Å². The molecule has 1 N–H and O–H groups in total. The minimum absolute atomic E-state index is 0.0277. The standard InChI is InChI=1S/C21H27N3O3/c1-3-16(2)22-20(25)18-7-4-6-17(14-18)15-23-9-11-24(12-10-23)21(26)19-8-5-13-27-19/h4-8,13-14,16H,3,9-12,15H2,1-2H3,(H,22,25)/t16-/m1/s1. The third-order valence-electron chi connectivity index (χ3n) is 4.98. The van der Waals surface area contributed by atoms with Gasteiger partial charge in [0.25, 0.3) is 11.8 Å². The van der Waals surface area contributed by atoms with Crippen molar-refractivity contribution in [3.63, 3.8) is 0 Å². The van der Waals surface area contributed by atoms with E-state index in [4.69, 9.17) is 4.42 Å². The molecule has 0 unspecified atom stereocenters. The normalized spacial score (nSPS) is 16.1. The van der Waals surface area contributed by atoms with E-state index in [0.29, 0.717) is 24.4 Å². The minimum Gasteiger partial charge on any atom is -0.459 e. The van der Waals surface area contributed by atoms with E-state index < -0.39 is 0 Å². The lowest BCUT2D eigenvalue weighted by Gasteiger charge is -2.34. The number of carbonyl (C=O) groups excluding carboxylic acids is 2. The summed E-state index contributed by atoms with van der Waals surface area (Å²) in [5.41, 5.74) is 1.80. The number of rotatable bonds is 6. The highest BCUT2D eigenvalue weighted by molar-refractivity contribution is 5.94. The number of hydrogen-bond donors (Lipinski definition) is 1. The fourth-order valence-corrected chi connectivity index (χ4v) is 3.14. The Morgan fingerprint density at radius 3 is 2.59 bits per heavy atom. The summed E-state index contributed by atoms with van der Waals surface area (Å²) in [7, 11) is 0. The Hall–Kier alpha value is -2.60. The average Bonchev–Trinajstić information content (AvgIpc) is 3.23. The van der Waals surface area contributed by atoms with E-state index in [0.717, 1.165) is 31.6 Å². The molecule has 0 radical (unpaired) electrons. The lowest BCUT2D eigenvalue weighted by atomic mass is 10.1. The van der Waals surface area contributed by atoms with Gasteiger partial charge in [-0.25, -0.2) is 0 Å². The predicted octanol–water partition coefficient (Wildman–Crippen LogP) is 2.77. The molecule has 144 valence electrons. The molecule has 0 bridgehead atoms. The molecule has 0 saturated carbocycles. The van der Waals surface area contributed by atoms with Crippen LogP contribution in [-0.4, -0.2) is 53.8 Å². The van der Waals surface area contributed by atoms with Crippen molar-refractivity contribution in [1.82, 2.24) is 15.1 Å². The summed E-state index contributed by atoms with van der Waals surface area (Å²) in [6.07, 6.45) is 2.43. The van der Waals surface area contributed by atoms with E-state index >= 15 is 0 Å². The van der Waals surface area contributed by atoms with E-state index in [1.807, 2.05) is 36.1 Å². The third kappa shape index (κ3) is 4.98. The van der Waals surface area contributed by atoms with Gasteiger partial charge in [0.1, 0.15) is 0 Å². The second-order valence-electron chi connectivity index (χ2n) is 7.03. The van der Waals surface area contributed by atoms with Gasteiger partial charge in [0.2, 0.25) is 0 Å². The molecule has 1 atom stereocenters. The molecule has 6 heteroatoms. The number of carbonyl (C=O) groups is 2. The van der Waals surface area contributed by atoms with Gasteiger partial charge in [-0.3, -0.25) is 14.5 Å². The molecule has 1 aromatic carbocycles. The van der Waals surface area contributed by atoms with Crippen LogP contribution < -0.4 is 5.32 Å². The molecule has 2 heterocycles. The first-order valence-corrected chi connectivity index (χ1v) is 9.51. The van der Waals surface area contributed by atoms with Crippen molar-refractivity contribution in [3.05, 3.63) is 59.5 Å². The van der Waals surface area contributed by atoms with Gasteiger partial charge >= 0.3 is 0 Å². The van der Waals surface area contributed by atoms with Crippen LogP contribution in [0.3, 0.4) is 0 Å². The van der Waals surface area contributed by atoms with E-state index in [1.165, 1.54) is 6.26 Å². The Morgan fingerprint density at radius 1 is 1.15 bits per heavy atom. The highest BCUT2D eigenvalue weighted by Crippen LogP contribution is 2.13. The number of amides is 2. The molecule has 2 aromatic rings. The zero-order chi connectivity index (χ0) is 19.2. The molecule has 6 nitrogen and oxygen atoms in total. The summed E-state index contributed by atoms with van der Waals surface area (Å²) < 4.78 is 5.20. The van der Waals surface area contributed by atoms with E-state index in [-0.39, 0.29) is 17.9 Å². The first kappa shape index (κ1) is 19.2. The molecule has 1 aromatic heterocycles. The minimum atomic E-state index is -0.0524. The van der Waals surface area contributed by atoms with Crippen molar-refractivity contribution in [2.24, 2.45) is 0 Å². The summed E-state index contributed by atoms with van der Waals surface area (Å²) in [5.74, 6) is 0.312. The zero-order valence-electron chi connectivity index (χ0n) is 16.0. The Kier molecular flexibility index (Phi) is 6.29. The number of furan rings is 1. The van der Waals surface area contributed by atoms with Crippen LogP contribution in [0.1, 0.15) is 46.7 Å². The second kappa shape index (κ2) is 8.86. The number of hydrogen-bond acceptors (Lipinski definition) is 4. The van der Waals surface area contributed by atoms with E-state index in [1.54, 1.807) is 12.1 Å². The van der Waals surface area contributed by atoms with Gasteiger partial charge < -0.3 is 14.6 Å². The Balaban J connectivity index is 1.54. The number of benzene rings is 1. The highest BCUT2D eigenvalue weighted by Gasteiger charge is 2.23. The van der Waals surface area contributed by atoms with Crippen LogP contribution in [0.2, 0.25) is 0 Å². The largest absolute Gasteiger partial charge is 0.459 e. The van der Waals surface area contributed by atoms with Crippen LogP contribution in [0.5, 0.6) is 0 Å². The van der Waals surface area contributed by atoms with Crippen LogP contribution in [0, 0.1) is 0 Å². The molecule has 1 fully saturated rings. The molecule has 0 aliphatic carbocycles. The van der Waals surface area contributed by atoms with Gasteiger partial charge in [0.15, 0.2) is 5.76 Å². The van der Waals surface area contributed by atoms with Gasteiger partial charge in [-0.15, -0.1) is 0 Å². The lowest BCUT2D eigenvalue weighted by molar-refractivity contribution is 0.0597. The Bertz CT molecular complexity index is 765. The Morgan fingerprint density at radius 2 is 1.93 bits per heavy atom. The fraction of sp³-hybridized carbons (Fsp3) is 0.429. The fourth-order valence-electron chi connectivity index (χ4n) is 3.14. The van der Waals surface area contributed by atoms with Crippen molar-refractivity contribution < 1.29 is 14.0 Å². The van der Waals surface area contributed by atoms with Crippen LogP contribution in [0.25, 0.3) is 0 Å². The molecule has 1 saturated heterocycles. The monoisotopic (exact) mass is 369 g/mol. The van der Waals surface area contributed by atoms with Crippen LogP contribution in [0.15, 0.2) is 47.1 Å². The molecule has 0 spiro atoms. The van der Waals surface area contributed by atoms with E-state index in [9.17, 15) is 9.59 Å². The molecule has 2 amide bonds. The third-order valence-corrected chi connectivity index (χ3v) is 4.98. The van der Waals surface area contributed by atoms with Crippen LogP contribution >= 0.6 is 0 Å². The topological polar surface area (TPSA) is 65.8 Å². The number of piperazine rings is 1. The summed E-state index contributed by atoms with van der Waals surface area (Å²) in [4.78, 5) is 28.8. The highest BCUT2D eigenvalue weighted by atomic mass is 16.3. The maximum Gasteiger partial charge on any atom is 0.289 e. The SMILES string of the molecule is CC[C@@H](C)NC(=O)c1cccc(CN2CCN(C(=O)c3ccco3)CC2)c1. The summed E-state index contributed by atoms with van der Waals surface area (Å²) >= 11 is 0. The van der Waals surface area contributed by atoms with Crippen molar-refractivity contribution >= 4 is 11.8 Å².